The molecule has 0 unspecified atom stereocenters. The predicted molar refractivity (Wildman–Crippen MR) is 78.8 cm³/mol. The Morgan fingerprint density at radius 1 is 1.35 bits per heavy atom. The lowest BCUT2D eigenvalue weighted by molar-refractivity contribution is -0.130. The van der Waals surface area contributed by atoms with E-state index < -0.39 is 0 Å². The molecule has 0 saturated carbocycles. The van der Waals surface area contributed by atoms with E-state index in [2.05, 4.69) is 15.4 Å². The lowest BCUT2D eigenvalue weighted by Gasteiger charge is -2.18. The van der Waals surface area contributed by atoms with Crippen LogP contribution < -0.4 is 5.32 Å². The van der Waals surface area contributed by atoms with Gasteiger partial charge in [-0.25, -0.2) is 4.52 Å². The van der Waals surface area contributed by atoms with Gasteiger partial charge < -0.3 is 10.2 Å². The fourth-order valence-electron chi connectivity index (χ4n) is 2.13. The van der Waals surface area contributed by atoms with Crippen LogP contribution in [0.1, 0.15) is 26.0 Å². The van der Waals surface area contributed by atoms with Gasteiger partial charge in [-0.2, -0.15) is 4.98 Å². The molecule has 0 aromatic carbocycles. The van der Waals surface area contributed by atoms with E-state index in [1.54, 1.807) is 4.52 Å². The number of pyridine rings is 1. The zero-order chi connectivity index (χ0) is 14.5. The molecule has 20 heavy (non-hydrogen) atoms. The van der Waals surface area contributed by atoms with Gasteiger partial charge in [0.05, 0.1) is 0 Å². The van der Waals surface area contributed by atoms with E-state index in [1.165, 1.54) is 0 Å². The number of carbonyl (C=O) groups excluding carboxylic acids is 1. The van der Waals surface area contributed by atoms with Gasteiger partial charge in [0.25, 0.3) is 0 Å². The summed E-state index contributed by atoms with van der Waals surface area (Å²) in [5, 5.41) is 7.47. The maximum absolute atomic E-state index is 11.9. The van der Waals surface area contributed by atoms with E-state index in [0.717, 1.165) is 24.4 Å². The van der Waals surface area contributed by atoms with Gasteiger partial charge in [0.1, 0.15) is 0 Å². The summed E-state index contributed by atoms with van der Waals surface area (Å²) >= 11 is 0. The molecule has 6 nitrogen and oxygen atoms in total. The van der Waals surface area contributed by atoms with Gasteiger partial charge in [-0.1, -0.05) is 6.07 Å². The monoisotopic (exact) mass is 275 g/mol. The molecule has 2 aromatic rings. The first-order chi connectivity index (χ1) is 9.65. The Bertz CT molecular complexity index is 588. The van der Waals surface area contributed by atoms with Crippen LogP contribution >= 0.6 is 0 Å². The number of fused-ring (bicyclic) bond motifs is 1. The fraction of sp³-hybridized carbons (Fsp3) is 0.500. The third-order valence-corrected chi connectivity index (χ3v) is 3.29. The van der Waals surface area contributed by atoms with Crippen molar-refractivity contribution in [2.45, 2.75) is 27.2 Å². The van der Waals surface area contributed by atoms with Crippen LogP contribution in [0.2, 0.25) is 0 Å². The van der Waals surface area contributed by atoms with Crippen LogP contribution in [-0.4, -0.2) is 45.0 Å². The molecule has 0 aliphatic carbocycles. The van der Waals surface area contributed by atoms with Crippen LogP contribution in [0.4, 0.5) is 5.95 Å². The van der Waals surface area contributed by atoms with Crippen molar-refractivity contribution in [2.24, 2.45) is 0 Å². The molecule has 2 rings (SSSR count). The molecule has 6 heteroatoms. The molecule has 0 fully saturated rings. The highest BCUT2D eigenvalue weighted by Crippen LogP contribution is 2.08. The van der Waals surface area contributed by atoms with E-state index in [0.29, 0.717) is 18.9 Å². The van der Waals surface area contributed by atoms with E-state index in [4.69, 9.17) is 0 Å². The largest absolute Gasteiger partial charge is 0.352 e. The molecule has 2 heterocycles. The minimum Gasteiger partial charge on any atom is -0.352 e. The maximum atomic E-state index is 11.9. The highest BCUT2D eigenvalue weighted by Gasteiger charge is 2.09. The number of nitrogens with one attached hydrogen (secondary N) is 1. The molecule has 0 aliphatic rings. The van der Waals surface area contributed by atoms with E-state index in [9.17, 15) is 4.79 Å². The molecule has 0 atom stereocenters. The molecule has 0 spiro atoms. The molecule has 0 radical (unpaired) electrons. The number of carbonyl (C=O) groups is 1. The number of aryl methyl sites for hydroxylation is 1. The van der Waals surface area contributed by atoms with Crippen molar-refractivity contribution in [2.75, 3.05) is 25.0 Å². The third kappa shape index (κ3) is 3.07. The summed E-state index contributed by atoms with van der Waals surface area (Å²) in [6.45, 7) is 8.01. The zero-order valence-corrected chi connectivity index (χ0v) is 12.3. The van der Waals surface area contributed by atoms with Crippen molar-refractivity contribution in [3.8, 4) is 0 Å². The summed E-state index contributed by atoms with van der Waals surface area (Å²) in [6.07, 6.45) is 0.455. The molecule has 0 aliphatic heterocycles. The third-order valence-electron chi connectivity index (χ3n) is 3.29. The molecule has 0 saturated heterocycles. The summed E-state index contributed by atoms with van der Waals surface area (Å²) in [7, 11) is 0. The number of hydrogen-bond acceptors (Lipinski definition) is 4. The predicted octanol–water partition coefficient (Wildman–Crippen LogP) is 1.71. The summed E-state index contributed by atoms with van der Waals surface area (Å²) < 4.78 is 1.79. The zero-order valence-electron chi connectivity index (χ0n) is 12.3. The number of anilines is 1. The van der Waals surface area contributed by atoms with Crippen LogP contribution in [0.15, 0.2) is 18.2 Å². The van der Waals surface area contributed by atoms with Gasteiger partial charge in [-0.3, -0.25) is 4.79 Å². The minimum absolute atomic E-state index is 0.155. The first-order valence-corrected chi connectivity index (χ1v) is 6.99. The summed E-state index contributed by atoms with van der Waals surface area (Å²) in [5.41, 5.74) is 1.84. The van der Waals surface area contributed by atoms with Crippen LogP contribution in [0.3, 0.4) is 0 Å². The average molecular weight is 275 g/mol. The second-order valence-electron chi connectivity index (χ2n) is 4.62. The van der Waals surface area contributed by atoms with E-state index in [1.807, 2.05) is 43.9 Å². The molecular formula is C14H21N5O. The summed E-state index contributed by atoms with van der Waals surface area (Å²) in [6, 6.07) is 5.84. The first kappa shape index (κ1) is 14.3. The van der Waals surface area contributed by atoms with Crippen LogP contribution in [0.25, 0.3) is 5.65 Å². The number of hydrogen-bond donors (Lipinski definition) is 1. The normalized spacial score (nSPS) is 10.8. The fourth-order valence-corrected chi connectivity index (χ4v) is 2.13. The van der Waals surface area contributed by atoms with Crippen molar-refractivity contribution in [1.82, 2.24) is 19.5 Å². The number of rotatable bonds is 6. The average Bonchev–Trinajstić information content (AvgIpc) is 2.84. The van der Waals surface area contributed by atoms with Crippen molar-refractivity contribution in [1.29, 1.82) is 0 Å². The quantitative estimate of drug-likeness (QED) is 0.871. The molecule has 1 amide bonds. The van der Waals surface area contributed by atoms with E-state index >= 15 is 0 Å². The first-order valence-electron chi connectivity index (χ1n) is 6.99. The smallest absolute Gasteiger partial charge is 0.243 e. The number of aromatic nitrogens is 3. The van der Waals surface area contributed by atoms with Crippen LogP contribution in [0, 0.1) is 6.92 Å². The molecular weight excluding hydrogens is 254 g/mol. The highest BCUT2D eigenvalue weighted by atomic mass is 16.2. The topological polar surface area (TPSA) is 62.5 Å². The van der Waals surface area contributed by atoms with Crippen molar-refractivity contribution in [3.05, 3.63) is 23.9 Å². The Labute approximate surface area is 118 Å². The standard InChI is InChI=1S/C14H21N5O/c1-4-18(5-2)13(20)9-10-15-14-16-12-8-6-7-11(3)19(12)17-14/h6-8H,4-5,9-10H2,1-3H3,(H,15,17). The van der Waals surface area contributed by atoms with Crippen molar-refractivity contribution >= 4 is 17.5 Å². The molecule has 108 valence electrons. The Kier molecular flexibility index (Phi) is 4.55. The summed E-state index contributed by atoms with van der Waals surface area (Å²) in [4.78, 5) is 18.1. The van der Waals surface area contributed by atoms with Gasteiger partial charge >= 0.3 is 0 Å². The lowest BCUT2D eigenvalue weighted by Crippen LogP contribution is -2.31. The highest BCUT2D eigenvalue weighted by molar-refractivity contribution is 5.76. The Morgan fingerprint density at radius 3 is 2.75 bits per heavy atom. The van der Waals surface area contributed by atoms with Crippen molar-refractivity contribution < 1.29 is 4.79 Å². The lowest BCUT2D eigenvalue weighted by atomic mass is 10.3. The maximum Gasteiger partial charge on any atom is 0.243 e. The van der Waals surface area contributed by atoms with Gasteiger partial charge in [0.2, 0.25) is 11.9 Å². The second-order valence-corrected chi connectivity index (χ2v) is 4.62. The molecule has 0 bridgehead atoms. The SMILES string of the molecule is CCN(CC)C(=O)CCNc1nc2cccc(C)n2n1. The summed E-state index contributed by atoms with van der Waals surface area (Å²) in [5.74, 6) is 0.717. The van der Waals surface area contributed by atoms with Crippen LogP contribution in [-0.2, 0) is 4.79 Å². The van der Waals surface area contributed by atoms with Gasteiger partial charge in [0, 0.05) is 31.7 Å². The van der Waals surface area contributed by atoms with E-state index in [-0.39, 0.29) is 5.91 Å². The van der Waals surface area contributed by atoms with Gasteiger partial charge in [0.15, 0.2) is 5.65 Å². The van der Waals surface area contributed by atoms with Crippen LogP contribution in [0.5, 0.6) is 0 Å². The van der Waals surface area contributed by atoms with Gasteiger partial charge in [-0.05, 0) is 32.9 Å². The Morgan fingerprint density at radius 2 is 2.10 bits per heavy atom. The Balaban J connectivity index is 1.93. The van der Waals surface area contributed by atoms with Gasteiger partial charge in [-0.15, -0.1) is 5.10 Å². The molecule has 1 N–H and O–H groups in total. The molecule has 2 aromatic heterocycles. The van der Waals surface area contributed by atoms with Crippen molar-refractivity contribution in [3.63, 3.8) is 0 Å². The Hall–Kier alpha value is -2.11. The number of amides is 1. The second kappa shape index (κ2) is 6.36. The minimum atomic E-state index is 0.155. The number of nitrogens with zero attached hydrogens (tertiary/aromatic N) is 4.